The van der Waals surface area contributed by atoms with Crippen molar-refractivity contribution in [2.24, 2.45) is 11.8 Å². The zero-order valence-corrected chi connectivity index (χ0v) is 54.5. The number of carbonyl (C=O) groups excluding carboxylic acids is 2. The quantitative estimate of drug-likeness (QED) is 0.0345. The Morgan fingerprint density at radius 3 is 1.41 bits per heavy atom. The Labute approximate surface area is 501 Å². The van der Waals surface area contributed by atoms with Gasteiger partial charge in [-0.3, -0.25) is 0 Å². The number of rotatable bonds is 24. The van der Waals surface area contributed by atoms with Crippen molar-refractivity contribution >= 4 is 55.1 Å². The molecule has 0 bridgehead atoms. The number of benzene rings is 1. The SMILES string of the molecule is CC(C)[C@H](O)[C@@H](C)CC[C@H]1C[C@@H](C[C@H]2C[C@H](C[C@H]3C[C@H](C[C@@H]4C[C@H](C[C@@H](C/C=C/C=C/C=C/C=C/C=C/C=C/C(=O)OC(=O)c5c(Cl)cc(Cl)cc5Cl)O[Si](C)(C)C(C)(C)C)OC(C)(C)O4)OC(C)(C)O3)OC(C)(C)O2)OC(C)(C)O1. The molecular weight excluding hydrogens is 1110 g/mol. The maximum Gasteiger partial charge on any atom is 0.349 e. The molecule has 11 atom stereocenters. The van der Waals surface area contributed by atoms with Gasteiger partial charge in [0.2, 0.25) is 0 Å². The molecule has 4 fully saturated rings. The standard InChI is InChI=1S/C64H97Cl3O13Si/c1-42(2)58(69)43(3)30-31-45-34-47(73-61(7,8)72-45)36-49-38-51(77-63(11,12)75-49)40-53-41-52(78-64(13,14)79-53)39-50-37-48(74-62(9,10)76-50)35-46(80-81(15,16)60(4,5)6)28-26-24-22-20-18-17-19-21-23-25-27-29-56(68)71-59(70)57-54(66)32-44(65)33-55(57)67/h17-27,29,32-33,42-43,45-53,58,69H,28,30-31,34-41H2,1-16H3/b18-17+,21-19+,22-20+,25-23+,26-24+,29-27+/t43-,45-,46+,47-,48-,49-,50-,51+,52-,53-,58-/m0/s1. The molecule has 1 N–H and O–H groups in total. The van der Waals surface area contributed by atoms with E-state index in [9.17, 15) is 14.7 Å². The summed E-state index contributed by atoms with van der Waals surface area (Å²) in [6, 6.07) is 2.69. The van der Waals surface area contributed by atoms with Crippen LogP contribution in [0.3, 0.4) is 0 Å². The molecular formula is C64H97Cl3O13Si. The topological polar surface area (TPSA) is 147 Å². The van der Waals surface area contributed by atoms with Crippen LogP contribution in [0.4, 0.5) is 0 Å². The highest BCUT2D eigenvalue weighted by Crippen LogP contribution is 2.42. The summed E-state index contributed by atoms with van der Waals surface area (Å²) in [7, 11) is -2.15. The zero-order valence-electron chi connectivity index (χ0n) is 51.3. The highest BCUT2D eigenvalue weighted by Gasteiger charge is 2.46. The van der Waals surface area contributed by atoms with Gasteiger partial charge in [-0.2, -0.15) is 0 Å². The molecule has 0 aromatic heterocycles. The molecule has 4 aliphatic heterocycles. The highest BCUT2D eigenvalue weighted by atomic mass is 35.5. The van der Waals surface area contributed by atoms with Crippen molar-refractivity contribution in [3.8, 4) is 0 Å². The largest absolute Gasteiger partial charge is 0.414 e. The molecule has 0 spiro atoms. The number of ether oxygens (including phenoxy) is 9. The number of esters is 2. The first-order chi connectivity index (χ1) is 37.6. The van der Waals surface area contributed by atoms with Crippen LogP contribution in [0.25, 0.3) is 0 Å². The summed E-state index contributed by atoms with van der Waals surface area (Å²) < 4.78 is 64.8. The summed E-state index contributed by atoms with van der Waals surface area (Å²) in [5.74, 6) is -4.50. The Kier molecular flexibility index (Phi) is 25.8. The lowest BCUT2D eigenvalue weighted by molar-refractivity contribution is -0.339. The van der Waals surface area contributed by atoms with E-state index in [1.807, 2.05) is 91.8 Å². The molecule has 17 heteroatoms. The molecule has 4 aliphatic rings. The minimum Gasteiger partial charge on any atom is -0.414 e. The minimum absolute atomic E-state index is 0.0116. The van der Waals surface area contributed by atoms with E-state index in [0.29, 0.717) is 25.7 Å². The first-order valence-corrected chi connectivity index (χ1v) is 33.3. The van der Waals surface area contributed by atoms with Crippen molar-refractivity contribution in [2.75, 3.05) is 0 Å². The lowest BCUT2D eigenvalue weighted by atomic mass is 9.88. The van der Waals surface area contributed by atoms with E-state index in [0.717, 1.165) is 51.0 Å². The van der Waals surface area contributed by atoms with Gasteiger partial charge < -0.3 is 52.2 Å². The van der Waals surface area contributed by atoms with Crippen LogP contribution in [-0.2, 0) is 51.9 Å². The summed E-state index contributed by atoms with van der Waals surface area (Å²) >= 11 is 18.0. The third-order valence-corrected chi connectivity index (χ3v) is 20.8. The fourth-order valence-corrected chi connectivity index (χ4v) is 13.5. The molecule has 0 aliphatic carbocycles. The lowest BCUT2D eigenvalue weighted by Gasteiger charge is -2.47. The Hall–Kier alpha value is -2.51. The van der Waals surface area contributed by atoms with E-state index in [2.05, 4.69) is 60.7 Å². The molecule has 81 heavy (non-hydrogen) atoms. The van der Waals surface area contributed by atoms with Crippen molar-refractivity contribution < 1.29 is 61.8 Å². The Morgan fingerprint density at radius 1 is 0.617 bits per heavy atom. The van der Waals surface area contributed by atoms with Crippen molar-refractivity contribution in [3.05, 3.63) is 106 Å². The molecule has 4 saturated heterocycles. The van der Waals surface area contributed by atoms with Crippen LogP contribution in [0.1, 0.15) is 178 Å². The smallest absolute Gasteiger partial charge is 0.349 e. The molecule has 0 saturated carbocycles. The molecule has 456 valence electrons. The van der Waals surface area contributed by atoms with Gasteiger partial charge in [0.05, 0.1) is 76.6 Å². The van der Waals surface area contributed by atoms with Crippen LogP contribution in [0.5, 0.6) is 0 Å². The van der Waals surface area contributed by atoms with E-state index in [-0.39, 0.29) is 98.5 Å². The van der Waals surface area contributed by atoms with Crippen molar-refractivity contribution in [2.45, 2.75) is 270 Å². The van der Waals surface area contributed by atoms with Crippen LogP contribution in [0.2, 0.25) is 33.2 Å². The third kappa shape index (κ3) is 23.7. The maximum absolute atomic E-state index is 12.4. The molecule has 13 nitrogen and oxygen atoms in total. The van der Waals surface area contributed by atoms with Gasteiger partial charge in [-0.25, -0.2) is 9.59 Å². The van der Waals surface area contributed by atoms with Crippen LogP contribution >= 0.6 is 34.8 Å². The molecule has 0 amide bonds. The van der Waals surface area contributed by atoms with Gasteiger partial charge in [-0.15, -0.1) is 0 Å². The van der Waals surface area contributed by atoms with Crippen LogP contribution in [-0.4, -0.2) is 110 Å². The number of halogens is 3. The van der Waals surface area contributed by atoms with Gasteiger partial charge in [0.1, 0.15) is 0 Å². The highest BCUT2D eigenvalue weighted by molar-refractivity contribution is 6.74. The van der Waals surface area contributed by atoms with Crippen molar-refractivity contribution in [1.82, 2.24) is 0 Å². The van der Waals surface area contributed by atoms with Crippen LogP contribution in [0.15, 0.2) is 85.0 Å². The monoisotopic (exact) mass is 1210 g/mol. The zero-order chi connectivity index (χ0) is 60.1. The number of aliphatic hydroxyl groups excluding tert-OH is 1. The summed E-state index contributed by atoms with van der Waals surface area (Å²) in [5, 5.41) is 10.9. The third-order valence-electron chi connectivity index (χ3n) is 15.5. The predicted molar refractivity (Wildman–Crippen MR) is 325 cm³/mol. The van der Waals surface area contributed by atoms with Crippen molar-refractivity contribution in [3.63, 3.8) is 0 Å². The molecule has 0 radical (unpaired) electrons. The fraction of sp³-hybridized carbons (Fsp3) is 0.688. The molecule has 5 rings (SSSR count). The average Bonchev–Trinajstić information content (AvgIpc) is 3.37. The van der Waals surface area contributed by atoms with E-state index in [1.165, 1.54) is 18.2 Å². The first-order valence-electron chi connectivity index (χ1n) is 29.3. The molecule has 0 unspecified atom stereocenters. The summed E-state index contributed by atoms with van der Waals surface area (Å²) in [6.45, 7) is 33.7. The molecule has 4 heterocycles. The first kappa shape index (κ1) is 69.3. The van der Waals surface area contributed by atoms with Gasteiger partial charge in [-0.1, -0.05) is 143 Å². The lowest BCUT2D eigenvalue weighted by Crippen LogP contribution is -2.52. The summed E-state index contributed by atoms with van der Waals surface area (Å²) in [6.07, 6.45) is 29.0. The normalized spacial score (nSPS) is 28.5. The van der Waals surface area contributed by atoms with E-state index in [1.54, 1.807) is 18.2 Å². The fourth-order valence-electron chi connectivity index (χ4n) is 11.2. The second-order valence-electron chi connectivity index (χ2n) is 26.2. The van der Waals surface area contributed by atoms with E-state index < -0.39 is 43.4 Å². The summed E-state index contributed by atoms with van der Waals surface area (Å²) in [4.78, 5) is 24.5. The van der Waals surface area contributed by atoms with Crippen LogP contribution < -0.4 is 0 Å². The summed E-state index contributed by atoms with van der Waals surface area (Å²) in [5.41, 5.74) is -0.133. The van der Waals surface area contributed by atoms with E-state index in [4.69, 9.17) is 81.9 Å². The van der Waals surface area contributed by atoms with Crippen molar-refractivity contribution in [1.29, 1.82) is 0 Å². The van der Waals surface area contributed by atoms with Gasteiger partial charge in [0, 0.05) is 56.0 Å². The Morgan fingerprint density at radius 2 is 0.988 bits per heavy atom. The molecule has 1 aromatic carbocycles. The van der Waals surface area contributed by atoms with Gasteiger partial charge in [0.15, 0.2) is 31.5 Å². The Balaban J connectivity index is 1.13. The van der Waals surface area contributed by atoms with Gasteiger partial charge in [0.25, 0.3) is 0 Å². The molecule has 1 aromatic rings. The number of allylic oxidation sites excluding steroid dienone is 10. The van der Waals surface area contributed by atoms with E-state index >= 15 is 0 Å². The van der Waals surface area contributed by atoms with Gasteiger partial charge >= 0.3 is 11.9 Å². The maximum atomic E-state index is 12.4. The van der Waals surface area contributed by atoms with Crippen LogP contribution in [0, 0.1) is 11.8 Å². The Bertz CT molecular complexity index is 2360. The number of hydrogen-bond donors (Lipinski definition) is 1. The number of hydrogen-bond acceptors (Lipinski definition) is 13. The minimum atomic E-state index is -2.15. The second-order valence-corrected chi connectivity index (χ2v) is 32.2. The predicted octanol–water partition coefficient (Wildman–Crippen LogP) is 16.1. The average molecular weight is 1210 g/mol. The number of aliphatic hydroxyl groups is 1. The van der Waals surface area contributed by atoms with Gasteiger partial charge in [-0.05, 0) is 123 Å². The number of carbonyl (C=O) groups is 2. The second kappa shape index (κ2) is 30.2.